The van der Waals surface area contributed by atoms with Gasteiger partial charge in [-0.2, -0.15) is 0 Å². The number of nitrogens with one attached hydrogen (secondary N) is 2. The molecule has 2 aliphatic rings. The van der Waals surface area contributed by atoms with Gasteiger partial charge in [0.15, 0.2) is 0 Å². The van der Waals surface area contributed by atoms with Crippen molar-refractivity contribution in [2.75, 3.05) is 19.6 Å². The Labute approximate surface area is 115 Å². The number of aliphatic imine (C=N–C) groups is 1. The maximum atomic E-state index is 11.1. The second-order valence-electron chi connectivity index (χ2n) is 5.78. The molecule has 1 heterocycles. The van der Waals surface area contributed by atoms with Crippen molar-refractivity contribution >= 4 is 16.0 Å². The Hall–Kier alpha value is -0.820. The SMILES string of the molecule is CC1CCCC(N2CN=C(NS(C)(=O)=O)NC2)C1C. The lowest BCUT2D eigenvalue weighted by Gasteiger charge is -2.42. The number of hydrogen-bond donors (Lipinski definition) is 2. The van der Waals surface area contributed by atoms with Gasteiger partial charge in [0, 0.05) is 6.04 Å². The molecule has 0 saturated heterocycles. The molecular formula is C12H24N4O2S. The lowest BCUT2D eigenvalue weighted by Crippen LogP contribution is -2.55. The second kappa shape index (κ2) is 5.66. The molecule has 0 spiro atoms. The van der Waals surface area contributed by atoms with Gasteiger partial charge in [-0.25, -0.2) is 13.4 Å². The Kier molecular flexibility index (Phi) is 4.35. The van der Waals surface area contributed by atoms with Gasteiger partial charge in [-0.1, -0.05) is 26.7 Å². The van der Waals surface area contributed by atoms with E-state index < -0.39 is 10.0 Å². The van der Waals surface area contributed by atoms with Crippen LogP contribution in [0.2, 0.25) is 0 Å². The highest BCUT2D eigenvalue weighted by Crippen LogP contribution is 2.32. The van der Waals surface area contributed by atoms with E-state index in [1.807, 2.05) is 0 Å². The van der Waals surface area contributed by atoms with Crippen LogP contribution in [-0.2, 0) is 10.0 Å². The third-order valence-electron chi connectivity index (χ3n) is 4.28. The first-order chi connectivity index (χ1) is 8.87. The number of guanidine groups is 1. The largest absolute Gasteiger partial charge is 0.343 e. The van der Waals surface area contributed by atoms with Crippen molar-refractivity contribution in [3.63, 3.8) is 0 Å². The Bertz CT molecular complexity index is 449. The van der Waals surface area contributed by atoms with Crippen LogP contribution in [-0.4, -0.2) is 44.9 Å². The quantitative estimate of drug-likeness (QED) is 0.777. The van der Waals surface area contributed by atoms with Crippen LogP contribution in [0.3, 0.4) is 0 Å². The summed E-state index contributed by atoms with van der Waals surface area (Å²) in [4.78, 5) is 6.57. The molecule has 0 radical (unpaired) electrons. The molecule has 0 bridgehead atoms. The van der Waals surface area contributed by atoms with Crippen molar-refractivity contribution in [2.45, 2.75) is 39.2 Å². The topological polar surface area (TPSA) is 73.8 Å². The molecule has 1 aliphatic heterocycles. The van der Waals surface area contributed by atoms with Crippen LogP contribution >= 0.6 is 0 Å². The van der Waals surface area contributed by atoms with Gasteiger partial charge < -0.3 is 5.32 Å². The van der Waals surface area contributed by atoms with Crippen molar-refractivity contribution in [2.24, 2.45) is 16.8 Å². The van der Waals surface area contributed by atoms with E-state index in [0.29, 0.717) is 31.3 Å². The van der Waals surface area contributed by atoms with Crippen LogP contribution in [0.4, 0.5) is 0 Å². The number of sulfonamides is 1. The molecule has 0 amide bonds. The van der Waals surface area contributed by atoms with Gasteiger partial charge in [0.2, 0.25) is 16.0 Å². The first kappa shape index (κ1) is 14.6. The van der Waals surface area contributed by atoms with E-state index in [1.165, 1.54) is 19.3 Å². The van der Waals surface area contributed by atoms with Crippen LogP contribution in [0.15, 0.2) is 4.99 Å². The summed E-state index contributed by atoms with van der Waals surface area (Å²) in [5.74, 6) is 1.77. The highest BCUT2D eigenvalue weighted by molar-refractivity contribution is 7.89. The predicted octanol–water partition coefficient (Wildman–Crippen LogP) is 0.537. The monoisotopic (exact) mass is 288 g/mol. The van der Waals surface area contributed by atoms with Gasteiger partial charge in [-0.05, 0) is 18.3 Å². The van der Waals surface area contributed by atoms with E-state index in [1.54, 1.807) is 0 Å². The Balaban J connectivity index is 1.95. The molecule has 3 atom stereocenters. The highest BCUT2D eigenvalue weighted by atomic mass is 32.2. The summed E-state index contributed by atoms with van der Waals surface area (Å²) < 4.78 is 24.7. The van der Waals surface area contributed by atoms with Crippen LogP contribution in [0.25, 0.3) is 0 Å². The van der Waals surface area contributed by atoms with Crippen molar-refractivity contribution in [3.05, 3.63) is 0 Å². The van der Waals surface area contributed by atoms with E-state index in [4.69, 9.17) is 0 Å². The van der Waals surface area contributed by atoms with Gasteiger partial charge in [0.05, 0.1) is 19.6 Å². The molecule has 3 unspecified atom stereocenters. The molecule has 1 fully saturated rings. The van der Waals surface area contributed by atoms with E-state index >= 15 is 0 Å². The summed E-state index contributed by atoms with van der Waals surface area (Å²) in [5, 5.41) is 3.04. The molecule has 110 valence electrons. The van der Waals surface area contributed by atoms with Crippen molar-refractivity contribution in [3.8, 4) is 0 Å². The molecule has 6 nitrogen and oxygen atoms in total. The van der Waals surface area contributed by atoms with Crippen LogP contribution < -0.4 is 10.0 Å². The normalized spacial score (nSPS) is 33.4. The lowest BCUT2D eigenvalue weighted by molar-refractivity contribution is 0.0768. The molecule has 1 saturated carbocycles. The minimum absolute atomic E-state index is 0.357. The maximum Gasteiger partial charge on any atom is 0.232 e. The standard InChI is InChI=1S/C12H24N4O2S/c1-9-5-4-6-11(10(9)2)16-7-13-12(14-8-16)15-19(3,17)18/h9-11H,4-8H2,1-3H3,(H2,13,14,15). The summed E-state index contributed by atoms with van der Waals surface area (Å²) >= 11 is 0. The van der Waals surface area contributed by atoms with Crippen LogP contribution in [0.5, 0.6) is 0 Å². The van der Waals surface area contributed by atoms with Crippen molar-refractivity contribution in [1.29, 1.82) is 0 Å². The molecular weight excluding hydrogens is 264 g/mol. The first-order valence-corrected chi connectivity index (χ1v) is 8.76. The van der Waals surface area contributed by atoms with Gasteiger partial charge >= 0.3 is 0 Å². The molecule has 0 aromatic heterocycles. The maximum absolute atomic E-state index is 11.1. The zero-order valence-electron chi connectivity index (χ0n) is 11.9. The molecule has 1 aliphatic carbocycles. The second-order valence-corrected chi connectivity index (χ2v) is 7.53. The van der Waals surface area contributed by atoms with Crippen molar-refractivity contribution in [1.82, 2.24) is 14.9 Å². The van der Waals surface area contributed by atoms with Gasteiger partial charge in [-0.3, -0.25) is 9.62 Å². The van der Waals surface area contributed by atoms with E-state index in [-0.39, 0.29) is 0 Å². The minimum Gasteiger partial charge on any atom is -0.343 e. The molecule has 2 N–H and O–H groups in total. The summed E-state index contributed by atoms with van der Waals surface area (Å²) in [5.41, 5.74) is 0. The third-order valence-corrected chi connectivity index (χ3v) is 4.84. The smallest absolute Gasteiger partial charge is 0.232 e. The Morgan fingerprint density at radius 1 is 1.37 bits per heavy atom. The molecule has 7 heteroatoms. The molecule has 0 aromatic rings. The van der Waals surface area contributed by atoms with Crippen molar-refractivity contribution < 1.29 is 8.42 Å². The van der Waals surface area contributed by atoms with Gasteiger partial charge in [-0.15, -0.1) is 0 Å². The number of hydrogen-bond acceptors (Lipinski definition) is 5. The fourth-order valence-electron chi connectivity index (χ4n) is 2.98. The zero-order valence-corrected chi connectivity index (χ0v) is 12.7. The average Bonchev–Trinajstić information content (AvgIpc) is 2.32. The Morgan fingerprint density at radius 3 is 2.68 bits per heavy atom. The molecule has 2 rings (SSSR count). The molecule has 0 aromatic carbocycles. The van der Waals surface area contributed by atoms with Gasteiger partial charge in [0.25, 0.3) is 0 Å². The summed E-state index contributed by atoms with van der Waals surface area (Å²) in [6, 6.07) is 0.541. The Morgan fingerprint density at radius 2 is 2.11 bits per heavy atom. The van der Waals surface area contributed by atoms with Crippen LogP contribution in [0, 0.1) is 11.8 Å². The highest BCUT2D eigenvalue weighted by Gasteiger charge is 2.32. The van der Waals surface area contributed by atoms with E-state index in [0.717, 1.165) is 12.2 Å². The number of rotatable bonds is 2. The van der Waals surface area contributed by atoms with Crippen LogP contribution in [0.1, 0.15) is 33.1 Å². The number of nitrogens with zero attached hydrogens (tertiary/aromatic N) is 2. The fourth-order valence-corrected chi connectivity index (χ4v) is 3.47. The first-order valence-electron chi connectivity index (χ1n) is 6.87. The van der Waals surface area contributed by atoms with Gasteiger partial charge in [0.1, 0.15) is 0 Å². The third kappa shape index (κ3) is 3.82. The summed E-state index contributed by atoms with van der Waals surface area (Å²) in [7, 11) is -3.25. The minimum atomic E-state index is -3.25. The lowest BCUT2D eigenvalue weighted by atomic mass is 9.77. The zero-order chi connectivity index (χ0) is 14.0. The van der Waals surface area contributed by atoms with E-state index in [2.05, 4.69) is 33.8 Å². The predicted molar refractivity (Wildman–Crippen MR) is 76.1 cm³/mol. The molecule has 19 heavy (non-hydrogen) atoms. The summed E-state index contributed by atoms with van der Waals surface area (Å²) in [6.07, 6.45) is 4.92. The summed E-state index contributed by atoms with van der Waals surface area (Å²) in [6.45, 7) is 5.84. The fraction of sp³-hybridized carbons (Fsp3) is 0.917. The average molecular weight is 288 g/mol. The van der Waals surface area contributed by atoms with E-state index in [9.17, 15) is 8.42 Å².